The molecular formula is C19H17Cl2NO7S. The number of carboxylic acids is 1. The van der Waals surface area contributed by atoms with Gasteiger partial charge in [-0.3, -0.25) is 0 Å². The van der Waals surface area contributed by atoms with Gasteiger partial charge in [-0.05, 0) is 43.5 Å². The molecule has 11 heteroatoms. The zero-order valence-corrected chi connectivity index (χ0v) is 17.7. The van der Waals surface area contributed by atoms with Crippen molar-refractivity contribution in [2.24, 2.45) is 0 Å². The summed E-state index contributed by atoms with van der Waals surface area (Å²) in [6.45, 7) is 0. The molecule has 3 unspecified atom stereocenters. The van der Waals surface area contributed by atoms with Crippen LogP contribution in [0, 0.1) is 0 Å². The molecule has 30 heavy (non-hydrogen) atoms. The van der Waals surface area contributed by atoms with E-state index in [1.165, 1.54) is 12.1 Å². The van der Waals surface area contributed by atoms with E-state index in [1.807, 2.05) is 6.07 Å². The first-order chi connectivity index (χ1) is 14.1. The van der Waals surface area contributed by atoms with E-state index >= 15 is 0 Å². The van der Waals surface area contributed by atoms with Crippen molar-refractivity contribution in [1.82, 2.24) is 4.72 Å². The van der Waals surface area contributed by atoms with Crippen molar-refractivity contribution in [3.05, 3.63) is 52.0 Å². The van der Waals surface area contributed by atoms with Gasteiger partial charge in [-0.15, -0.1) is 4.72 Å². The van der Waals surface area contributed by atoms with Gasteiger partial charge >= 0.3 is 11.9 Å². The van der Waals surface area contributed by atoms with Crippen LogP contribution in [-0.4, -0.2) is 36.6 Å². The average molecular weight is 474 g/mol. The Balaban J connectivity index is 1.65. The molecule has 0 saturated heterocycles. The Morgan fingerprint density at radius 2 is 1.97 bits per heavy atom. The lowest BCUT2D eigenvalue weighted by molar-refractivity contribution is -0.197. The quantitative estimate of drug-likeness (QED) is 0.550. The topological polar surface area (TPSA) is 122 Å². The van der Waals surface area contributed by atoms with Crippen LogP contribution in [0.5, 0.6) is 11.5 Å². The third kappa shape index (κ3) is 3.72. The molecule has 0 aromatic heterocycles. The molecule has 4 rings (SSSR count). The number of nitrogens with one attached hydrogen (secondary N) is 1. The summed E-state index contributed by atoms with van der Waals surface area (Å²) in [5, 5.41) is 20.2. The van der Waals surface area contributed by atoms with Gasteiger partial charge in [0.05, 0.1) is 14.9 Å². The lowest BCUT2D eigenvalue weighted by atomic mass is 9.97. The summed E-state index contributed by atoms with van der Waals surface area (Å²) in [6, 6.07) is 8.26. The van der Waals surface area contributed by atoms with Gasteiger partial charge in [0.1, 0.15) is 6.10 Å². The van der Waals surface area contributed by atoms with Crippen molar-refractivity contribution in [2.75, 3.05) is 0 Å². The Labute approximate surface area is 182 Å². The highest BCUT2D eigenvalue weighted by Crippen LogP contribution is 2.51. The molecule has 2 aromatic rings. The van der Waals surface area contributed by atoms with E-state index < -0.39 is 26.8 Å². The number of carboxylic acid groups (broad SMARTS) is 1. The second-order valence-corrected chi connectivity index (χ2v) is 9.60. The summed E-state index contributed by atoms with van der Waals surface area (Å²) in [6.07, 6.45) is 2.75. The fourth-order valence-corrected chi connectivity index (χ4v) is 5.25. The molecule has 1 fully saturated rings. The van der Waals surface area contributed by atoms with Gasteiger partial charge in [-0.2, -0.15) is 0 Å². The summed E-state index contributed by atoms with van der Waals surface area (Å²) in [5.74, 6) is -4.86. The van der Waals surface area contributed by atoms with Gasteiger partial charge < -0.3 is 19.7 Å². The minimum absolute atomic E-state index is 0.0458. The molecule has 1 aliphatic carbocycles. The molecule has 0 spiro atoms. The molecule has 1 saturated carbocycles. The second-order valence-electron chi connectivity index (χ2n) is 7.10. The first kappa shape index (κ1) is 21.2. The number of hydrogen-bond acceptors (Lipinski definition) is 6. The number of hydrogen-bond donors (Lipinski definition) is 3. The maximum atomic E-state index is 12.7. The minimum Gasteiger partial charge on any atom is -0.486 e. The number of benzene rings is 2. The molecule has 2 aromatic carbocycles. The fourth-order valence-electron chi connectivity index (χ4n) is 3.76. The summed E-state index contributed by atoms with van der Waals surface area (Å²) >= 11 is 11.6. The monoisotopic (exact) mass is 473 g/mol. The van der Waals surface area contributed by atoms with Gasteiger partial charge in [-0.25, -0.2) is 13.2 Å². The second kappa shape index (κ2) is 7.58. The van der Waals surface area contributed by atoms with Crippen molar-refractivity contribution in [2.45, 2.75) is 42.1 Å². The van der Waals surface area contributed by atoms with Crippen LogP contribution in [0.25, 0.3) is 0 Å². The lowest BCUT2D eigenvalue weighted by Crippen LogP contribution is -2.58. The maximum absolute atomic E-state index is 12.7. The number of sulfonamides is 1. The number of rotatable bonds is 6. The highest BCUT2D eigenvalue weighted by atomic mass is 35.5. The van der Waals surface area contributed by atoms with E-state index in [2.05, 4.69) is 0 Å². The number of halogens is 2. The van der Waals surface area contributed by atoms with Gasteiger partial charge in [0.25, 0.3) is 0 Å². The first-order valence-electron chi connectivity index (χ1n) is 9.04. The van der Waals surface area contributed by atoms with Crippen molar-refractivity contribution < 1.29 is 32.9 Å². The SMILES string of the molecule is O=C(O)C(O)(NS(=O)(=O)c1ccc(Cl)c(Cl)c1)Oc1cccc2c1OC1CCCC21. The number of para-hydroxylation sites is 1. The Hall–Kier alpha value is -2.04. The predicted molar refractivity (Wildman–Crippen MR) is 107 cm³/mol. The first-order valence-corrected chi connectivity index (χ1v) is 11.3. The summed E-state index contributed by atoms with van der Waals surface area (Å²) in [4.78, 5) is 11.4. The highest BCUT2D eigenvalue weighted by Gasteiger charge is 2.46. The van der Waals surface area contributed by atoms with Crippen molar-refractivity contribution in [1.29, 1.82) is 0 Å². The van der Waals surface area contributed by atoms with E-state index in [1.54, 1.807) is 10.8 Å². The van der Waals surface area contributed by atoms with Crippen LogP contribution < -0.4 is 14.2 Å². The largest absolute Gasteiger partial charge is 0.486 e. The van der Waals surface area contributed by atoms with Crippen molar-refractivity contribution in [3.8, 4) is 11.5 Å². The Morgan fingerprint density at radius 3 is 2.67 bits per heavy atom. The fraction of sp³-hybridized carbons (Fsp3) is 0.316. The molecule has 1 heterocycles. The van der Waals surface area contributed by atoms with Crippen molar-refractivity contribution in [3.63, 3.8) is 0 Å². The Morgan fingerprint density at radius 1 is 1.20 bits per heavy atom. The molecule has 0 radical (unpaired) electrons. The number of fused-ring (bicyclic) bond motifs is 3. The number of aliphatic carboxylic acids is 1. The summed E-state index contributed by atoms with van der Waals surface area (Å²) < 4.78 is 38.1. The van der Waals surface area contributed by atoms with Crippen LogP contribution in [0.1, 0.15) is 30.7 Å². The van der Waals surface area contributed by atoms with Gasteiger partial charge in [0.2, 0.25) is 10.0 Å². The van der Waals surface area contributed by atoms with Gasteiger partial charge in [-0.1, -0.05) is 35.3 Å². The molecule has 3 atom stereocenters. The minimum atomic E-state index is -4.54. The average Bonchev–Trinajstić information content (AvgIpc) is 3.25. The Bertz CT molecular complexity index is 1120. The molecule has 160 valence electrons. The van der Waals surface area contributed by atoms with E-state index in [0.29, 0.717) is 5.75 Å². The number of ether oxygens (including phenoxy) is 2. The van der Waals surface area contributed by atoms with Crippen LogP contribution in [0.4, 0.5) is 0 Å². The predicted octanol–water partition coefficient (Wildman–Crippen LogP) is 3.11. The summed E-state index contributed by atoms with van der Waals surface area (Å²) in [5.41, 5.74) is 0.843. The molecule has 2 aliphatic rings. The normalized spacial score (nSPS) is 22.0. The molecule has 8 nitrogen and oxygen atoms in total. The molecular weight excluding hydrogens is 457 g/mol. The van der Waals surface area contributed by atoms with Crippen LogP contribution in [0.2, 0.25) is 10.0 Å². The van der Waals surface area contributed by atoms with Crippen LogP contribution >= 0.6 is 23.2 Å². The zero-order valence-electron chi connectivity index (χ0n) is 15.3. The van der Waals surface area contributed by atoms with Crippen LogP contribution in [-0.2, 0) is 14.8 Å². The molecule has 0 amide bonds. The van der Waals surface area contributed by atoms with E-state index in [-0.39, 0.29) is 27.8 Å². The molecule has 1 aliphatic heterocycles. The van der Waals surface area contributed by atoms with E-state index in [4.69, 9.17) is 32.7 Å². The van der Waals surface area contributed by atoms with Crippen molar-refractivity contribution >= 4 is 39.2 Å². The number of aliphatic hydroxyl groups is 1. The lowest BCUT2D eigenvalue weighted by Gasteiger charge is -2.26. The molecule has 0 bridgehead atoms. The highest BCUT2D eigenvalue weighted by molar-refractivity contribution is 7.89. The Kier molecular flexibility index (Phi) is 5.36. The van der Waals surface area contributed by atoms with E-state index in [9.17, 15) is 23.4 Å². The van der Waals surface area contributed by atoms with Gasteiger partial charge in [0, 0.05) is 11.5 Å². The third-order valence-corrected chi connectivity index (χ3v) is 7.31. The number of carbonyl (C=O) groups is 1. The summed E-state index contributed by atoms with van der Waals surface area (Å²) in [7, 11) is -4.54. The third-order valence-electron chi connectivity index (χ3n) is 5.15. The molecule has 3 N–H and O–H groups in total. The smallest absolute Gasteiger partial charge is 0.395 e. The van der Waals surface area contributed by atoms with Crippen LogP contribution in [0.15, 0.2) is 41.3 Å². The van der Waals surface area contributed by atoms with Gasteiger partial charge in [0.15, 0.2) is 11.5 Å². The van der Waals surface area contributed by atoms with Crippen LogP contribution in [0.3, 0.4) is 0 Å². The zero-order chi connectivity index (χ0) is 21.7. The maximum Gasteiger partial charge on any atom is 0.395 e. The van der Waals surface area contributed by atoms with E-state index in [0.717, 1.165) is 37.0 Å². The standard InChI is InChI=1S/C19H17Cl2NO7S/c20-13-8-7-10(9-14(13)21)30(26,27)22-19(25,18(23)24)29-16-6-2-4-12-11-3-1-5-15(11)28-17(12)16/h2,4,6-9,11,15,22,25H,1,3,5H2,(H,23,24).